The van der Waals surface area contributed by atoms with Gasteiger partial charge in [0.25, 0.3) is 0 Å². The fraction of sp³-hybridized carbons (Fsp3) is 0.385. The van der Waals surface area contributed by atoms with Gasteiger partial charge in [0, 0.05) is 30.6 Å². The van der Waals surface area contributed by atoms with Crippen molar-refractivity contribution in [3.05, 3.63) is 17.7 Å². The van der Waals surface area contributed by atoms with Gasteiger partial charge in [0.15, 0.2) is 17.3 Å². The third-order valence-electron chi connectivity index (χ3n) is 3.32. The molecule has 0 radical (unpaired) electrons. The van der Waals surface area contributed by atoms with Gasteiger partial charge in [-0.25, -0.2) is 0 Å². The van der Waals surface area contributed by atoms with Crippen LogP contribution in [0.4, 0.5) is 5.69 Å². The van der Waals surface area contributed by atoms with Crippen molar-refractivity contribution in [1.29, 1.82) is 0 Å². The van der Waals surface area contributed by atoms with E-state index < -0.39 is 0 Å². The number of benzene rings is 1. The van der Waals surface area contributed by atoms with Crippen molar-refractivity contribution in [2.24, 2.45) is 5.73 Å². The highest BCUT2D eigenvalue weighted by Gasteiger charge is 2.32. The molecule has 2 N–H and O–H groups in total. The second kappa shape index (κ2) is 4.24. The van der Waals surface area contributed by atoms with Gasteiger partial charge in [-0.15, -0.1) is 0 Å². The van der Waals surface area contributed by atoms with E-state index in [0.717, 1.165) is 0 Å². The molecule has 0 bridgehead atoms. The van der Waals surface area contributed by atoms with E-state index in [9.17, 15) is 9.59 Å². The minimum Gasteiger partial charge on any atom is -0.454 e. The molecule has 1 saturated heterocycles. The first-order chi connectivity index (χ1) is 9.06. The Hall–Kier alpha value is -2.08. The van der Waals surface area contributed by atoms with Gasteiger partial charge >= 0.3 is 0 Å². The Bertz CT molecular complexity index is 570. The summed E-state index contributed by atoms with van der Waals surface area (Å²) in [6, 6.07) is 3.10. The maximum Gasteiger partial charge on any atom is 0.231 e. The number of rotatable bonds is 2. The molecule has 1 fully saturated rings. The average Bonchev–Trinajstić information content (AvgIpc) is 2.92. The number of ether oxygens (including phenoxy) is 2. The summed E-state index contributed by atoms with van der Waals surface area (Å²) in [7, 11) is 0. The van der Waals surface area contributed by atoms with Crippen molar-refractivity contribution < 1.29 is 19.1 Å². The molecule has 0 aliphatic carbocycles. The van der Waals surface area contributed by atoms with Gasteiger partial charge in [-0.1, -0.05) is 0 Å². The number of nitrogens with zero attached hydrogens (tertiary/aromatic N) is 1. The van der Waals surface area contributed by atoms with Crippen LogP contribution in [-0.2, 0) is 4.79 Å². The second-order valence-corrected chi connectivity index (χ2v) is 4.75. The highest BCUT2D eigenvalue weighted by molar-refractivity contribution is 6.06. The van der Waals surface area contributed by atoms with E-state index in [-0.39, 0.29) is 24.5 Å². The lowest BCUT2D eigenvalue weighted by atomic mass is 10.1. The van der Waals surface area contributed by atoms with Crippen molar-refractivity contribution in [3.8, 4) is 11.5 Å². The zero-order valence-electron chi connectivity index (χ0n) is 10.5. The summed E-state index contributed by atoms with van der Waals surface area (Å²) in [5.41, 5.74) is 6.79. The van der Waals surface area contributed by atoms with Crippen LogP contribution in [0.3, 0.4) is 0 Å². The van der Waals surface area contributed by atoms with Crippen LogP contribution in [0.2, 0.25) is 0 Å². The van der Waals surface area contributed by atoms with Crippen LogP contribution in [0.5, 0.6) is 11.5 Å². The molecular weight excluding hydrogens is 248 g/mol. The quantitative estimate of drug-likeness (QED) is 0.793. The van der Waals surface area contributed by atoms with Crippen LogP contribution in [-0.4, -0.2) is 31.1 Å². The molecule has 3 rings (SSSR count). The normalized spacial score (nSPS) is 21.1. The Balaban J connectivity index is 2.09. The van der Waals surface area contributed by atoms with Crippen molar-refractivity contribution in [2.75, 3.05) is 18.2 Å². The Kier molecular flexibility index (Phi) is 2.67. The molecule has 1 atom stereocenters. The number of ketones is 1. The summed E-state index contributed by atoms with van der Waals surface area (Å²) in [5, 5.41) is 0. The number of anilines is 1. The van der Waals surface area contributed by atoms with Crippen molar-refractivity contribution >= 4 is 17.4 Å². The highest BCUT2D eigenvalue weighted by Crippen LogP contribution is 2.39. The molecule has 1 unspecified atom stereocenters. The van der Waals surface area contributed by atoms with Gasteiger partial charge in [0.05, 0.1) is 5.69 Å². The molecule has 2 aliphatic rings. The fourth-order valence-corrected chi connectivity index (χ4v) is 2.40. The summed E-state index contributed by atoms with van der Waals surface area (Å²) in [4.78, 5) is 25.2. The number of carbonyl (C=O) groups excluding carboxylic acids is 2. The second-order valence-electron chi connectivity index (χ2n) is 4.75. The van der Waals surface area contributed by atoms with Crippen molar-refractivity contribution in [2.45, 2.75) is 19.4 Å². The number of hydrogen-bond acceptors (Lipinski definition) is 5. The Morgan fingerprint density at radius 1 is 1.37 bits per heavy atom. The van der Waals surface area contributed by atoms with Gasteiger partial charge in [0.2, 0.25) is 12.7 Å². The van der Waals surface area contributed by atoms with Gasteiger partial charge in [-0.2, -0.15) is 0 Å². The molecule has 2 heterocycles. The number of Topliss-reactive ketones (excluding diaryl/α,β-unsaturated/α-hetero) is 1. The lowest BCUT2D eigenvalue weighted by Crippen LogP contribution is -2.29. The molecule has 0 spiro atoms. The summed E-state index contributed by atoms with van der Waals surface area (Å²) in [5.74, 6) is 0.883. The van der Waals surface area contributed by atoms with E-state index in [1.54, 1.807) is 17.0 Å². The molecular formula is C13H14N2O4. The van der Waals surface area contributed by atoms with Gasteiger partial charge in [0.1, 0.15) is 0 Å². The Morgan fingerprint density at radius 2 is 2.05 bits per heavy atom. The first kappa shape index (κ1) is 12.0. The minimum atomic E-state index is -0.197. The molecule has 1 aromatic carbocycles. The van der Waals surface area contributed by atoms with Crippen molar-refractivity contribution in [1.82, 2.24) is 0 Å². The number of amides is 1. The number of carbonyl (C=O) groups is 2. The SMILES string of the molecule is CC(=O)c1cc2c(cc1N1CC(N)CC1=O)OCO2. The van der Waals surface area contributed by atoms with E-state index >= 15 is 0 Å². The monoisotopic (exact) mass is 262 g/mol. The average molecular weight is 262 g/mol. The first-order valence-electron chi connectivity index (χ1n) is 6.07. The third-order valence-corrected chi connectivity index (χ3v) is 3.32. The van der Waals surface area contributed by atoms with Crippen LogP contribution in [0, 0.1) is 0 Å². The molecule has 0 aromatic heterocycles. The standard InChI is InChI=1S/C13H14N2O4/c1-7(16)9-3-11-12(19-6-18-11)4-10(9)15-5-8(14)2-13(15)17/h3-4,8H,2,5-6,14H2,1H3. The lowest BCUT2D eigenvalue weighted by Gasteiger charge is -2.19. The molecule has 2 aliphatic heterocycles. The summed E-state index contributed by atoms with van der Waals surface area (Å²) >= 11 is 0. The largest absolute Gasteiger partial charge is 0.454 e. The number of fused-ring (bicyclic) bond motifs is 1. The van der Waals surface area contributed by atoms with E-state index in [1.165, 1.54) is 6.92 Å². The fourth-order valence-electron chi connectivity index (χ4n) is 2.40. The molecule has 6 heteroatoms. The number of nitrogens with two attached hydrogens (primary N) is 1. The molecule has 0 saturated carbocycles. The topological polar surface area (TPSA) is 81.9 Å². The Morgan fingerprint density at radius 3 is 2.63 bits per heavy atom. The van der Waals surface area contributed by atoms with E-state index in [1.807, 2.05) is 0 Å². The zero-order chi connectivity index (χ0) is 13.6. The van der Waals surface area contributed by atoms with Crippen LogP contribution in [0.1, 0.15) is 23.7 Å². The molecule has 19 heavy (non-hydrogen) atoms. The van der Waals surface area contributed by atoms with Crippen LogP contribution in [0.25, 0.3) is 0 Å². The van der Waals surface area contributed by atoms with Crippen LogP contribution < -0.4 is 20.1 Å². The molecule has 1 aromatic rings. The third kappa shape index (κ3) is 1.94. The van der Waals surface area contributed by atoms with Crippen LogP contribution in [0.15, 0.2) is 12.1 Å². The van der Waals surface area contributed by atoms with Gasteiger partial charge in [-0.3, -0.25) is 9.59 Å². The summed E-state index contributed by atoms with van der Waals surface area (Å²) in [6.07, 6.45) is 0.297. The maximum atomic E-state index is 11.9. The van der Waals surface area contributed by atoms with Gasteiger partial charge in [-0.05, 0) is 13.0 Å². The van der Waals surface area contributed by atoms with E-state index in [4.69, 9.17) is 15.2 Å². The maximum absolute atomic E-state index is 11.9. The summed E-state index contributed by atoms with van der Waals surface area (Å²) < 4.78 is 10.5. The van der Waals surface area contributed by atoms with Gasteiger partial charge < -0.3 is 20.1 Å². The molecule has 100 valence electrons. The van der Waals surface area contributed by atoms with Crippen LogP contribution >= 0.6 is 0 Å². The predicted molar refractivity (Wildman–Crippen MR) is 67.5 cm³/mol. The minimum absolute atomic E-state index is 0.0751. The predicted octanol–water partition coefficient (Wildman–Crippen LogP) is 0.682. The Labute approximate surface area is 110 Å². The molecule has 1 amide bonds. The first-order valence-corrected chi connectivity index (χ1v) is 6.07. The molecule has 6 nitrogen and oxygen atoms in total. The van der Waals surface area contributed by atoms with E-state index in [2.05, 4.69) is 0 Å². The number of hydrogen-bond donors (Lipinski definition) is 1. The summed E-state index contributed by atoms with van der Waals surface area (Å²) in [6.45, 7) is 2.00. The highest BCUT2D eigenvalue weighted by atomic mass is 16.7. The van der Waals surface area contributed by atoms with Crippen molar-refractivity contribution in [3.63, 3.8) is 0 Å². The zero-order valence-corrected chi connectivity index (χ0v) is 10.5. The van der Waals surface area contributed by atoms with E-state index in [0.29, 0.717) is 35.7 Å². The smallest absolute Gasteiger partial charge is 0.231 e. The lowest BCUT2D eigenvalue weighted by molar-refractivity contribution is -0.117.